The van der Waals surface area contributed by atoms with Gasteiger partial charge in [0, 0.05) is 24.7 Å². The number of benzene rings is 2. The van der Waals surface area contributed by atoms with E-state index in [1.54, 1.807) is 13.1 Å². The molecule has 8 heteroatoms. The average Bonchev–Trinajstić information content (AvgIpc) is 3.05. The van der Waals surface area contributed by atoms with Gasteiger partial charge in [-0.25, -0.2) is 4.99 Å². The van der Waals surface area contributed by atoms with Gasteiger partial charge < -0.3 is 14.4 Å². The lowest BCUT2D eigenvalue weighted by Gasteiger charge is -2.20. The monoisotopic (exact) mass is 383 g/mol. The number of nitro groups is 1. The second-order valence-electron chi connectivity index (χ2n) is 7.04. The number of hydrogen-bond acceptors (Lipinski definition) is 6. The second kappa shape index (κ2) is 7.30. The maximum absolute atomic E-state index is 13.0. The van der Waals surface area contributed by atoms with Crippen LogP contribution in [0, 0.1) is 10.1 Å². The molecule has 0 bridgehead atoms. The Kier molecular flexibility index (Phi) is 5.04. The van der Waals surface area contributed by atoms with Gasteiger partial charge in [0.05, 0.1) is 28.8 Å². The number of rotatable bonds is 5. The summed E-state index contributed by atoms with van der Waals surface area (Å²) in [5.41, 5.74) is 1.09. The fourth-order valence-corrected chi connectivity index (χ4v) is 2.93. The van der Waals surface area contributed by atoms with Gasteiger partial charge in [-0.15, -0.1) is 0 Å². The van der Waals surface area contributed by atoms with Crippen LogP contribution in [-0.2, 0) is 4.74 Å². The zero-order valence-corrected chi connectivity index (χ0v) is 16.1. The van der Waals surface area contributed by atoms with E-state index < -0.39 is 4.92 Å². The number of anilines is 1. The highest BCUT2D eigenvalue weighted by Crippen LogP contribution is 2.30. The Balaban J connectivity index is 1.96. The van der Waals surface area contributed by atoms with Crippen molar-refractivity contribution in [2.45, 2.75) is 19.4 Å². The molecule has 146 valence electrons. The van der Waals surface area contributed by atoms with Gasteiger partial charge in [0.15, 0.2) is 5.75 Å². The largest absolute Gasteiger partial charge is 0.490 e. The zero-order valence-electron chi connectivity index (χ0n) is 16.1. The van der Waals surface area contributed by atoms with Gasteiger partial charge in [-0.1, -0.05) is 12.1 Å². The third-order valence-electron chi connectivity index (χ3n) is 4.39. The number of carbonyl (C=O) groups excluding carboxylic acids is 1. The molecule has 1 aliphatic heterocycles. The van der Waals surface area contributed by atoms with Crippen LogP contribution in [0.15, 0.2) is 47.5 Å². The van der Waals surface area contributed by atoms with Crippen molar-refractivity contribution in [3.63, 3.8) is 0 Å². The quantitative estimate of drug-likeness (QED) is 0.582. The summed E-state index contributed by atoms with van der Waals surface area (Å²) in [6.07, 6.45) is 0. The Hall–Kier alpha value is -3.42. The number of aliphatic imine (C=N–C) groups is 1. The van der Waals surface area contributed by atoms with Crippen molar-refractivity contribution in [1.29, 1.82) is 0 Å². The van der Waals surface area contributed by atoms with Crippen molar-refractivity contribution in [2.24, 2.45) is 4.99 Å². The Morgan fingerprint density at radius 2 is 2.00 bits per heavy atom. The number of nitro benzene ring substituents is 1. The minimum Gasteiger partial charge on any atom is -0.490 e. The van der Waals surface area contributed by atoms with Gasteiger partial charge >= 0.3 is 5.69 Å². The van der Waals surface area contributed by atoms with Crippen LogP contribution in [0.1, 0.15) is 29.8 Å². The molecule has 28 heavy (non-hydrogen) atoms. The summed E-state index contributed by atoms with van der Waals surface area (Å²) < 4.78 is 10.8. The predicted molar refractivity (Wildman–Crippen MR) is 105 cm³/mol. The highest BCUT2D eigenvalue weighted by Gasteiger charge is 2.29. The van der Waals surface area contributed by atoms with Crippen LogP contribution in [0.25, 0.3) is 0 Å². The van der Waals surface area contributed by atoms with Crippen LogP contribution < -0.4 is 9.64 Å². The Labute approximate surface area is 162 Å². The van der Waals surface area contributed by atoms with Gasteiger partial charge in [-0.3, -0.25) is 14.9 Å². The van der Waals surface area contributed by atoms with E-state index in [0.717, 1.165) is 0 Å². The molecule has 1 amide bonds. The summed E-state index contributed by atoms with van der Waals surface area (Å²) in [6.45, 7) is 4.41. The van der Waals surface area contributed by atoms with E-state index in [1.807, 2.05) is 32.0 Å². The first-order chi connectivity index (χ1) is 13.2. The molecule has 0 unspecified atom stereocenters. The molecule has 0 saturated carbocycles. The Morgan fingerprint density at radius 1 is 1.29 bits per heavy atom. The lowest BCUT2D eigenvalue weighted by molar-refractivity contribution is -0.385. The number of para-hydroxylation sites is 1. The molecule has 0 aromatic heterocycles. The van der Waals surface area contributed by atoms with E-state index in [1.165, 1.54) is 30.2 Å². The molecule has 0 spiro atoms. The topological polar surface area (TPSA) is 94.3 Å². The standard InChI is InChI=1S/C20H21N3O5/c1-20(2)12-28-18(21-20)14-7-5-6-8-15(14)22(3)19(24)13-9-10-16(23(25)26)17(11-13)27-4/h5-11H,12H2,1-4H3. The molecule has 8 nitrogen and oxygen atoms in total. The van der Waals surface area contributed by atoms with Gasteiger partial charge in [0.25, 0.3) is 5.91 Å². The molecule has 0 radical (unpaired) electrons. The van der Waals surface area contributed by atoms with Crippen molar-refractivity contribution < 1.29 is 19.2 Å². The van der Waals surface area contributed by atoms with E-state index >= 15 is 0 Å². The van der Waals surface area contributed by atoms with Crippen LogP contribution in [0.5, 0.6) is 5.75 Å². The molecule has 0 saturated heterocycles. The molecule has 1 aliphatic rings. The Bertz CT molecular complexity index is 968. The van der Waals surface area contributed by atoms with Crippen molar-refractivity contribution in [2.75, 3.05) is 25.7 Å². The number of hydrogen-bond donors (Lipinski definition) is 0. The van der Waals surface area contributed by atoms with Crippen molar-refractivity contribution in [1.82, 2.24) is 0 Å². The third-order valence-corrected chi connectivity index (χ3v) is 4.39. The van der Waals surface area contributed by atoms with Crippen LogP contribution in [0.3, 0.4) is 0 Å². The normalized spacial score (nSPS) is 14.8. The van der Waals surface area contributed by atoms with Crippen LogP contribution in [0.4, 0.5) is 11.4 Å². The summed E-state index contributed by atoms with van der Waals surface area (Å²) in [6, 6.07) is 11.4. The van der Waals surface area contributed by atoms with E-state index in [0.29, 0.717) is 23.8 Å². The highest BCUT2D eigenvalue weighted by molar-refractivity contribution is 6.10. The first kappa shape index (κ1) is 19.3. The lowest BCUT2D eigenvalue weighted by atomic mass is 10.1. The number of nitrogens with zero attached hydrogens (tertiary/aromatic N) is 3. The van der Waals surface area contributed by atoms with Crippen LogP contribution in [-0.4, -0.2) is 43.0 Å². The van der Waals surface area contributed by atoms with Crippen molar-refractivity contribution in [3.05, 3.63) is 63.7 Å². The van der Waals surface area contributed by atoms with Gasteiger partial charge in [0.1, 0.15) is 6.61 Å². The van der Waals surface area contributed by atoms with Gasteiger partial charge in [-0.05, 0) is 32.0 Å². The molecular weight excluding hydrogens is 362 g/mol. The first-order valence-electron chi connectivity index (χ1n) is 8.66. The fourth-order valence-electron chi connectivity index (χ4n) is 2.93. The second-order valence-corrected chi connectivity index (χ2v) is 7.04. The molecule has 0 N–H and O–H groups in total. The minimum absolute atomic E-state index is 0.0304. The SMILES string of the molecule is COc1cc(C(=O)N(C)c2ccccc2C2=NC(C)(C)CO2)ccc1[N+](=O)[O-]. The molecule has 0 atom stereocenters. The maximum Gasteiger partial charge on any atom is 0.310 e. The Morgan fingerprint density at radius 3 is 2.61 bits per heavy atom. The number of amides is 1. The molecule has 0 aliphatic carbocycles. The van der Waals surface area contributed by atoms with Crippen LogP contribution in [0.2, 0.25) is 0 Å². The zero-order chi connectivity index (χ0) is 20.5. The van der Waals surface area contributed by atoms with E-state index in [4.69, 9.17) is 9.47 Å². The summed E-state index contributed by atoms with van der Waals surface area (Å²) in [5, 5.41) is 11.1. The molecule has 0 fully saturated rings. The predicted octanol–water partition coefficient (Wildman–Crippen LogP) is 3.44. The highest BCUT2D eigenvalue weighted by atomic mass is 16.6. The number of methoxy groups -OCH3 is 1. The summed E-state index contributed by atoms with van der Waals surface area (Å²) in [5.74, 6) is 0.183. The molecular formula is C20H21N3O5. The minimum atomic E-state index is -0.552. The van der Waals surface area contributed by atoms with E-state index in [2.05, 4.69) is 4.99 Å². The number of ether oxygens (including phenoxy) is 2. The molecule has 3 rings (SSSR count). The lowest BCUT2D eigenvalue weighted by Crippen LogP contribution is -2.28. The molecule has 1 heterocycles. The van der Waals surface area contributed by atoms with Crippen LogP contribution >= 0.6 is 0 Å². The summed E-state index contributed by atoms with van der Waals surface area (Å²) in [4.78, 5) is 29.6. The summed E-state index contributed by atoms with van der Waals surface area (Å²) in [7, 11) is 2.96. The van der Waals surface area contributed by atoms with Gasteiger partial charge in [-0.2, -0.15) is 0 Å². The van der Waals surface area contributed by atoms with E-state index in [-0.39, 0.29) is 28.4 Å². The third kappa shape index (κ3) is 3.66. The molecule has 2 aromatic rings. The first-order valence-corrected chi connectivity index (χ1v) is 8.66. The summed E-state index contributed by atoms with van der Waals surface area (Å²) >= 11 is 0. The molecule has 2 aromatic carbocycles. The fraction of sp³-hybridized carbons (Fsp3) is 0.300. The maximum atomic E-state index is 13.0. The number of carbonyl (C=O) groups is 1. The van der Waals surface area contributed by atoms with Gasteiger partial charge in [0.2, 0.25) is 5.90 Å². The average molecular weight is 383 g/mol. The van der Waals surface area contributed by atoms with E-state index in [9.17, 15) is 14.9 Å². The smallest absolute Gasteiger partial charge is 0.310 e. The van der Waals surface area contributed by atoms with Crippen molar-refractivity contribution in [3.8, 4) is 5.75 Å². The van der Waals surface area contributed by atoms with Crippen molar-refractivity contribution >= 4 is 23.2 Å².